The van der Waals surface area contributed by atoms with Crippen molar-refractivity contribution in [1.82, 2.24) is 0 Å². The maximum absolute atomic E-state index is 11.0. The molecule has 0 amide bonds. The van der Waals surface area contributed by atoms with Crippen molar-refractivity contribution in [2.75, 3.05) is 0 Å². The number of carboxylic acid groups (broad SMARTS) is 1. The fourth-order valence-corrected chi connectivity index (χ4v) is 3.00. The number of halogens is 1. The first-order valence-electron chi connectivity index (χ1n) is 6.75. The van der Waals surface area contributed by atoms with Crippen LogP contribution < -0.4 is 4.74 Å². The Kier molecular flexibility index (Phi) is 3.38. The van der Waals surface area contributed by atoms with Crippen LogP contribution in [0.1, 0.15) is 28.4 Å². The minimum Gasteiger partial charge on any atom is -0.487 e. The van der Waals surface area contributed by atoms with E-state index in [-0.39, 0.29) is 0 Å². The van der Waals surface area contributed by atoms with E-state index in [0.717, 1.165) is 21.9 Å². The third kappa shape index (κ3) is 2.74. The van der Waals surface area contributed by atoms with Crippen LogP contribution in [0.3, 0.4) is 0 Å². The van der Waals surface area contributed by atoms with Crippen LogP contribution in [-0.4, -0.2) is 16.7 Å². The molecule has 1 heterocycles. The Morgan fingerprint density at radius 3 is 2.81 bits per heavy atom. The lowest BCUT2D eigenvalue weighted by Gasteiger charge is -2.24. The molecule has 0 aliphatic carbocycles. The van der Waals surface area contributed by atoms with E-state index in [1.807, 2.05) is 31.2 Å². The average Bonchev–Trinajstić information content (AvgIpc) is 2.76. The van der Waals surface area contributed by atoms with Crippen molar-refractivity contribution in [2.24, 2.45) is 0 Å². The highest BCUT2D eigenvalue weighted by molar-refractivity contribution is 6.31. The van der Waals surface area contributed by atoms with Gasteiger partial charge in [0.1, 0.15) is 11.4 Å². The van der Waals surface area contributed by atoms with Gasteiger partial charge in [-0.05, 0) is 42.3 Å². The maximum Gasteiger partial charge on any atom is 0.335 e. The first-order valence-corrected chi connectivity index (χ1v) is 7.13. The van der Waals surface area contributed by atoms with Crippen molar-refractivity contribution in [2.45, 2.75) is 25.4 Å². The van der Waals surface area contributed by atoms with Crippen LogP contribution >= 0.6 is 11.6 Å². The van der Waals surface area contributed by atoms with E-state index in [4.69, 9.17) is 21.4 Å². The highest BCUT2D eigenvalue weighted by Crippen LogP contribution is 2.38. The zero-order valence-corrected chi connectivity index (χ0v) is 12.4. The van der Waals surface area contributed by atoms with Gasteiger partial charge in [-0.3, -0.25) is 0 Å². The maximum atomic E-state index is 11.0. The number of ether oxygens (including phenoxy) is 1. The summed E-state index contributed by atoms with van der Waals surface area (Å²) in [5.41, 5.74) is 1.86. The van der Waals surface area contributed by atoms with Gasteiger partial charge in [-0.1, -0.05) is 29.8 Å². The summed E-state index contributed by atoms with van der Waals surface area (Å²) < 4.78 is 6.04. The highest BCUT2D eigenvalue weighted by Gasteiger charge is 2.35. The summed E-state index contributed by atoms with van der Waals surface area (Å²) in [5.74, 6) is -0.160. The summed E-state index contributed by atoms with van der Waals surface area (Å²) in [6.45, 7) is 2.02. The molecule has 0 fully saturated rings. The van der Waals surface area contributed by atoms with E-state index < -0.39 is 11.6 Å². The van der Waals surface area contributed by atoms with Gasteiger partial charge in [0.05, 0.1) is 5.56 Å². The number of rotatable bonds is 3. The van der Waals surface area contributed by atoms with Crippen LogP contribution in [0.5, 0.6) is 5.75 Å². The fourth-order valence-electron chi connectivity index (χ4n) is 2.80. The number of hydrogen-bond donors (Lipinski definition) is 1. The minimum atomic E-state index is -0.919. The standard InChI is InChI=1S/C17H15ClO3/c1-17(9-12-4-2-3-5-14(12)18)10-13-8-11(16(19)20)6-7-15(13)21-17/h2-8H,9-10H2,1H3,(H,19,20). The van der Waals surface area contributed by atoms with Gasteiger partial charge in [0.25, 0.3) is 0 Å². The fraction of sp³-hybridized carbons (Fsp3) is 0.235. The number of hydrogen-bond acceptors (Lipinski definition) is 2. The van der Waals surface area contributed by atoms with Gasteiger partial charge in [0.2, 0.25) is 0 Å². The molecule has 0 bridgehead atoms. The molecule has 0 radical (unpaired) electrons. The second-order valence-corrected chi connectivity index (χ2v) is 6.03. The van der Waals surface area contributed by atoms with Crippen molar-refractivity contribution in [3.8, 4) is 5.75 Å². The van der Waals surface area contributed by atoms with Gasteiger partial charge < -0.3 is 9.84 Å². The second-order valence-electron chi connectivity index (χ2n) is 5.62. The smallest absolute Gasteiger partial charge is 0.335 e. The summed E-state index contributed by atoms with van der Waals surface area (Å²) in [4.78, 5) is 11.0. The van der Waals surface area contributed by atoms with Crippen LogP contribution in [0.25, 0.3) is 0 Å². The summed E-state index contributed by atoms with van der Waals surface area (Å²) >= 11 is 6.21. The molecule has 0 aromatic heterocycles. The zero-order valence-electron chi connectivity index (χ0n) is 11.6. The molecule has 0 saturated heterocycles. The van der Waals surface area contributed by atoms with Gasteiger partial charge in [0, 0.05) is 17.9 Å². The Morgan fingerprint density at radius 1 is 1.33 bits per heavy atom. The molecule has 1 N–H and O–H groups in total. The quantitative estimate of drug-likeness (QED) is 0.933. The monoisotopic (exact) mass is 302 g/mol. The van der Waals surface area contributed by atoms with E-state index in [9.17, 15) is 4.79 Å². The summed E-state index contributed by atoms with van der Waals surface area (Å²) in [6.07, 6.45) is 1.36. The number of carbonyl (C=O) groups is 1. The number of benzene rings is 2. The normalized spacial score (nSPS) is 19.9. The van der Waals surface area contributed by atoms with Gasteiger partial charge in [-0.2, -0.15) is 0 Å². The first-order chi connectivity index (χ1) is 9.97. The molecule has 21 heavy (non-hydrogen) atoms. The third-order valence-electron chi connectivity index (χ3n) is 3.75. The molecule has 108 valence electrons. The molecule has 1 aliphatic rings. The van der Waals surface area contributed by atoms with Crippen LogP contribution in [0.15, 0.2) is 42.5 Å². The molecule has 1 aliphatic heterocycles. The Morgan fingerprint density at radius 2 is 2.10 bits per heavy atom. The molecule has 0 spiro atoms. The number of fused-ring (bicyclic) bond motifs is 1. The van der Waals surface area contributed by atoms with E-state index in [1.165, 1.54) is 0 Å². The lowest BCUT2D eigenvalue weighted by molar-refractivity contribution is 0.0697. The van der Waals surface area contributed by atoms with Gasteiger partial charge in [0.15, 0.2) is 0 Å². The zero-order chi connectivity index (χ0) is 15.0. The van der Waals surface area contributed by atoms with Crippen LogP contribution in [0, 0.1) is 0 Å². The molecule has 3 rings (SSSR count). The number of carboxylic acids is 1. The van der Waals surface area contributed by atoms with E-state index in [1.54, 1.807) is 18.2 Å². The average molecular weight is 303 g/mol. The SMILES string of the molecule is CC1(Cc2ccccc2Cl)Cc2cc(C(=O)O)ccc2O1. The molecule has 4 heteroatoms. The molecule has 1 unspecified atom stereocenters. The van der Waals surface area contributed by atoms with Gasteiger partial charge in [-0.15, -0.1) is 0 Å². The van der Waals surface area contributed by atoms with Crippen LogP contribution in [0.2, 0.25) is 5.02 Å². The summed E-state index contributed by atoms with van der Waals surface area (Å²) in [7, 11) is 0. The Labute approximate surface area is 128 Å². The van der Waals surface area contributed by atoms with E-state index >= 15 is 0 Å². The molecule has 3 nitrogen and oxygen atoms in total. The van der Waals surface area contributed by atoms with Crippen molar-refractivity contribution in [1.29, 1.82) is 0 Å². The Hall–Kier alpha value is -2.00. The lowest BCUT2D eigenvalue weighted by Crippen LogP contribution is -2.33. The van der Waals surface area contributed by atoms with Crippen molar-refractivity contribution >= 4 is 17.6 Å². The molecule has 0 saturated carbocycles. The molecular weight excluding hydrogens is 288 g/mol. The topological polar surface area (TPSA) is 46.5 Å². The number of aromatic carboxylic acids is 1. The molecule has 2 aromatic carbocycles. The van der Waals surface area contributed by atoms with E-state index in [0.29, 0.717) is 18.4 Å². The summed E-state index contributed by atoms with van der Waals surface area (Å²) in [6, 6.07) is 12.7. The molecule has 2 aromatic rings. The second kappa shape index (κ2) is 5.08. The highest BCUT2D eigenvalue weighted by atomic mass is 35.5. The predicted octanol–water partition coefficient (Wildman–Crippen LogP) is 3.97. The Bertz CT molecular complexity index is 711. The first kappa shape index (κ1) is 14.0. The summed E-state index contributed by atoms with van der Waals surface area (Å²) in [5, 5.41) is 9.79. The van der Waals surface area contributed by atoms with Crippen molar-refractivity contribution in [3.63, 3.8) is 0 Å². The molecular formula is C17H15ClO3. The third-order valence-corrected chi connectivity index (χ3v) is 4.12. The largest absolute Gasteiger partial charge is 0.487 e. The van der Waals surface area contributed by atoms with Gasteiger partial charge in [-0.25, -0.2) is 4.79 Å². The van der Waals surface area contributed by atoms with Crippen molar-refractivity contribution < 1.29 is 14.6 Å². The van der Waals surface area contributed by atoms with E-state index in [2.05, 4.69) is 0 Å². The Balaban J connectivity index is 1.86. The molecule has 1 atom stereocenters. The lowest BCUT2D eigenvalue weighted by atomic mass is 9.91. The predicted molar refractivity (Wildman–Crippen MR) is 81.3 cm³/mol. The van der Waals surface area contributed by atoms with Crippen LogP contribution in [0.4, 0.5) is 0 Å². The minimum absolute atomic E-state index is 0.291. The van der Waals surface area contributed by atoms with Crippen molar-refractivity contribution in [3.05, 3.63) is 64.2 Å². The van der Waals surface area contributed by atoms with Crippen LogP contribution in [-0.2, 0) is 12.8 Å². The van der Waals surface area contributed by atoms with Gasteiger partial charge >= 0.3 is 5.97 Å².